The zero-order chi connectivity index (χ0) is 13.1. The first kappa shape index (κ1) is 12.4. The Kier molecular flexibility index (Phi) is 3.65. The monoisotopic (exact) mass is 251 g/mol. The third kappa shape index (κ3) is 3.05. The quantitative estimate of drug-likeness (QED) is 0.797. The SMILES string of the molecule is Cc1cccc([C@@H]2CCN(Cc3ccccc3)C2)c1. The van der Waals surface area contributed by atoms with Gasteiger partial charge in [-0.2, -0.15) is 0 Å². The fourth-order valence-corrected chi connectivity index (χ4v) is 3.01. The van der Waals surface area contributed by atoms with E-state index in [1.165, 1.54) is 36.2 Å². The molecule has 1 fully saturated rings. The number of nitrogens with zero attached hydrogens (tertiary/aromatic N) is 1. The number of likely N-dealkylation sites (tertiary alicyclic amines) is 1. The van der Waals surface area contributed by atoms with E-state index < -0.39 is 0 Å². The van der Waals surface area contributed by atoms with Crippen LogP contribution in [0.4, 0.5) is 0 Å². The summed E-state index contributed by atoms with van der Waals surface area (Å²) in [5.41, 5.74) is 4.31. The van der Waals surface area contributed by atoms with Gasteiger partial charge in [0, 0.05) is 13.1 Å². The molecule has 98 valence electrons. The maximum atomic E-state index is 2.57. The molecular formula is C18H21N. The lowest BCUT2D eigenvalue weighted by molar-refractivity contribution is 0.327. The Morgan fingerprint density at radius 3 is 2.68 bits per heavy atom. The summed E-state index contributed by atoms with van der Waals surface area (Å²) < 4.78 is 0. The molecule has 2 aromatic rings. The first-order valence-electron chi connectivity index (χ1n) is 7.14. The van der Waals surface area contributed by atoms with Crippen molar-refractivity contribution in [3.05, 3.63) is 71.3 Å². The predicted octanol–water partition coefficient (Wildman–Crippen LogP) is 3.98. The van der Waals surface area contributed by atoms with Gasteiger partial charge in [-0.1, -0.05) is 60.2 Å². The van der Waals surface area contributed by atoms with Gasteiger partial charge in [-0.3, -0.25) is 4.90 Å². The Bertz CT molecular complexity index is 532. The summed E-state index contributed by atoms with van der Waals surface area (Å²) in [5, 5.41) is 0. The fraction of sp³-hybridized carbons (Fsp3) is 0.333. The van der Waals surface area contributed by atoms with Crippen molar-refractivity contribution in [1.29, 1.82) is 0 Å². The molecule has 0 bridgehead atoms. The second kappa shape index (κ2) is 5.58. The lowest BCUT2D eigenvalue weighted by atomic mass is 9.97. The van der Waals surface area contributed by atoms with E-state index in [0.717, 1.165) is 6.54 Å². The summed E-state index contributed by atoms with van der Waals surface area (Å²) in [7, 11) is 0. The molecule has 1 heterocycles. The summed E-state index contributed by atoms with van der Waals surface area (Å²) >= 11 is 0. The van der Waals surface area contributed by atoms with Crippen molar-refractivity contribution < 1.29 is 0 Å². The highest BCUT2D eigenvalue weighted by atomic mass is 15.1. The lowest BCUT2D eigenvalue weighted by Crippen LogP contribution is -2.19. The minimum absolute atomic E-state index is 0.712. The minimum Gasteiger partial charge on any atom is -0.298 e. The summed E-state index contributed by atoms with van der Waals surface area (Å²) in [6, 6.07) is 19.8. The molecule has 3 rings (SSSR count). The highest BCUT2D eigenvalue weighted by Crippen LogP contribution is 2.28. The molecule has 0 aliphatic carbocycles. The molecule has 1 heteroatoms. The highest BCUT2D eigenvalue weighted by molar-refractivity contribution is 5.26. The largest absolute Gasteiger partial charge is 0.298 e. The first-order valence-corrected chi connectivity index (χ1v) is 7.14. The van der Waals surface area contributed by atoms with E-state index in [9.17, 15) is 0 Å². The molecule has 19 heavy (non-hydrogen) atoms. The van der Waals surface area contributed by atoms with Crippen LogP contribution in [0.5, 0.6) is 0 Å². The summed E-state index contributed by atoms with van der Waals surface area (Å²) in [6.07, 6.45) is 1.29. The van der Waals surface area contributed by atoms with Gasteiger partial charge in [-0.25, -0.2) is 0 Å². The Labute approximate surface area is 115 Å². The van der Waals surface area contributed by atoms with E-state index in [2.05, 4.69) is 66.4 Å². The van der Waals surface area contributed by atoms with E-state index in [-0.39, 0.29) is 0 Å². The van der Waals surface area contributed by atoms with Crippen LogP contribution < -0.4 is 0 Å². The van der Waals surface area contributed by atoms with Crippen molar-refractivity contribution in [3.63, 3.8) is 0 Å². The van der Waals surface area contributed by atoms with Gasteiger partial charge in [0.2, 0.25) is 0 Å². The van der Waals surface area contributed by atoms with Gasteiger partial charge in [-0.05, 0) is 36.9 Å². The van der Waals surface area contributed by atoms with Crippen LogP contribution in [0.25, 0.3) is 0 Å². The van der Waals surface area contributed by atoms with Crippen molar-refractivity contribution in [3.8, 4) is 0 Å². The van der Waals surface area contributed by atoms with E-state index in [4.69, 9.17) is 0 Å². The fourth-order valence-electron chi connectivity index (χ4n) is 3.01. The van der Waals surface area contributed by atoms with E-state index in [0.29, 0.717) is 5.92 Å². The smallest absolute Gasteiger partial charge is 0.0233 e. The van der Waals surface area contributed by atoms with Crippen LogP contribution in [-0.2, 0) is 6.54 Å². The van der Waals surface area contributed by atoms with Gasteiger partial charge in [0.15, 0.2) is 0 Å². The van der Waals surface area contributed by atoms with Crippen molar-refractivity contribution in [1.82, 2.24) is 4.90 Å². The molecule has 0 amide bonds. The molecule has 0 radical (unpaired) electrons. The predicted molar refractivity (Wildman–Crippen MR) is 80.3 cm³/mol. The van der Waals surface area contributed by atoms with Gasteiger partial charge < -0.3 is 0 Å². The topological polar surface area (TPSA) is 3.24 Å². The van der Waals surface area contributed by atoms with Crippen LogP contribution in [0.3, 0.4) is 0 Å². The second-order valence-electron chi connectivity index (χ2n) is 5.62. The zero-order valence-corrected chi connectivity index (χ0v) is 11.5. The summed E-state index contributed by atoms with van der Waals surface area (Å²) in [4.78, 5) is 2.57. The average Bonchev–Trinajstić information content (AvgIpc) is 2.88. The van der Waals surface area contributed by atoms with Crippen LogP contribution in [0.2, 0.25) is 0 Å². The molecule has 1 atom stereocenters. The van der Waals surface area contributed by atoms with Crippen LogP contribution >= 0.6 is 0 Å². The van der Waals surface area contributed by atoms with Crippen molar-refractivity contribution >= 4 is 0 Å². The van der Waals surface area contributed by atoms with Gasteiger partial charge in [0.25, 0.3) is 0 Å². The minimum atomic E-state index is 0.712. The van der Waals surface area contributed by atoms with Crippen LogP contribution in [-0.4, -0.2) is 18.0 Å². The molecule has 0 aromatic heterocycles. The van der Waals surface area contributed by atoms with E-state index in [1.54, 1.807) is 0 Å². The van der Waals surface area contributed by atoms with Gasteiger partial charge in [-0.15, -0.1) is 0 Å². The van der Waals surface area contributed by atoms with Crippen LogP contribution in [0, 0.1) is 6.92 Å². The number of hydrogen-bond acceptors (Lipinski definition) is 1. The Balaban J connectivity index is 1.64. The Morgan fingerprint density at radius 1 is 1.05 bits per heavy atom. The number of benzene rings is 2. The third-order valence-electron chi connectivity index (χ3n) is 4.03. The molecule has 0 spiro atoms. The van der Waals surface area contributed by atoms with Gasteiger partial charge in [0.05, 0.1) is 0 Å². The normalized spacial score (nSPS) is 19.7. The molecule has 0 saturated carbocycles. The van der Waals surface area contributed by atoms with Crippen LogP contribution in [0.1, 0.15) is 29.0 Å². The molecular weight excluding hydrogens is 230 g/mol. The Morgan fingerprint density at radius 2 is 1.89 bits per heavy atom. The number of hydrogen-bond donors (Lipinski definition) is 0. The summed E-state index contributed by atoms with van der Waals surface area (Å²) in [5.74, 6) is 0.712. The number of rotatable bonds is 3. The molecule has 1 aliphatic heterocycles. The summed E-state index contributed by atoms with van der Waals surface area (Å²) in [6.45, 7) is 5.68. The average molecular weight is 251 g/mol. The van der Waals surface area contributed by atoms with Gasteiger partial charge >= 0.3 is 0 Å². The van der Waals surface area contributed by atoms with Crippen LogP contribution in [0.15, 0.2) is 54.6 Å². The molecule has 2 aromatic carbocycles. The van der Waals surface area contributed by atoms with Crippen molar-refractivity contribution in [2.45, 2.75) is 25.8 Å². The first-order chi connectivity index (χ1) is 9.31. The molecule has 1 aliphatic rings. The zero-order valence-electron chi connectivity index (χ0n) is 11.5. The highest BCUT2D eigenvalue weighted by Gasteiger charge is 2.23. The maximum absolute atomic E-state index is 2.57. The van der Waals surface area contributed by atoms with E-state index in [1.807, 2.05) is 0 Å². The molecule has 1 saturated heterocycles. The second-order valence-corrected chi connectivity index (χ2v) is 5.62. The standard InChI is InChI=1S/C18H21N/c1-15-6-5-9-17(12-15)18-10-11-19(14-18)13-16-7-3-2-4-8-16/h2-9,12,18H,10-11,13-14H2,1H3/t18-/m1/s1. The molecule has 1 nitrogen and oxygen atoms in total. The lowest BCUT2D eigenvalue weighted by Gasteiger charge is -2.16. The van der Waals surface area contributed by atoms with Crippen molar-refractivity contribution in [2.24, 2.45) is 0 Å². The number of aryl methyl sites for hydroxylation is 1. The maximum Gasteiger partial charge on any atom is 0.0233 e. The Hall–Kier alpha value is -1.60. The third-order valence-corrected chi connectivity index (χ3v) is 4.03. The van der Waals surface area contributed by atoms with E-state index >= 15 is 0 Å². The van der Waals surface area contributed by atoms with Crippen molar-refractivity contribution in [2.75, 3.05) is 13.1 Å². The van der Waals surface area contributed by atoms with Gasteiger partial charge in [0.1, 0.15) is 0 Å². The molecule has 0 unspecified atom stereocenters. The molecule has 0 N–H and O–H groups in total.